The van der Waals surface area contributed by atoms with E-state index in [1.54, 1.807) is 49.5 Å². The summed E-state index contributed by atoms with van der Waals surface area (Å²) < 4.78 is 5.22. The minimum absolute atomic E-state index is 0.0886. The SMILES string of the molecule is C=CC(O)(C#Cc1cccc(-c2nc(C(N)=O)c3cc(OC)ccc3n2)c1)CCN(C)C=O. The number of carbonyl (C=O) groups is 2. The highest BCUT2D eigenvalue weighted by Crippen LogP contribution is 2.25. The fraction of sp³-hybridized carbons (Fsp3) is 0.200. The first-order valence-electron chi connectivity index (χ1n) is 10.1. The quantitative estimate of drug-likeness (QED) is 0.312. The van der Waals surface area contributed by atoms with Crippen molar-refractivity contribution in [2.45, 2.75) is 12.0 Å². The first-order valence-corrected chi connectivity index (χ1v) is 10.1. The lowest BCUT2D eigenvalue weighted by atomic mass is 9.99. The van der Waals surface area contributed by atoms with Gasteiger partial charge in [0.15, 0.2) is 5.82 Å². The molecule has 8 heteroatoms. The van der Waals surface area contributed by atoms with Crippen LogP contribution in [0.5, 0.6) is 5.75 Å². The predicted molar refractivity (Wildman–Crippen MR) is 125 cm³/mol. The van der Waals surface area contributed by atoms with Gasteiger partial charge in [0, 0.05) is 36.5 Å². The Morgan fingerprint density at radius 3 is 2.76 bits per heavy atom. The van der Waals surface area contributed by atoms with E-state index in [0.717, 1.165) is 0 Å². The first kappa shape index (κ1) is 23.4. The Bertz CT molecular complexity index is 1280. The van der Waals surface area contributed by atoms with Gasteiger partial charge in [-0.15, -0.1) is 0 Å². The van der Waals surface area contributed by atoms with Crippen LogP contribution in [0.25, 0.3) is 22.3 Å². The molecule has 0 spiro atoms. The number of hydrogen-bond donors (Lipinski definition) is 2. The second kappa shape index (κ2) is 9.94. The highest BCUT2D eigenvalue weighted by atomic mass is 16.5. The summed E-state index contributed by atoms with van der Waals surface area (Å²) >= 11 is 0. The van der Waals surface area contributed by atoms with Gasteiger partial charge >= 0.3 is 0 Å². The summed E-state index contributed by atoms with van der Waals surface area (Å²) in [5.41, 5.74) is 5.98. The Balaban J connectivity index is 1.99. The van der Waals surface area contributed by atoms with E-state index < -0.39 is 11.5 Å². The van der Waals surface area contributed by atoms with Gasteiger partial charge in [-0.25, -0.2) is 9.97 Å². The van der Waals surface area contributed by atoms with Gasteiger partial charge in [0.1, 0.15) is 17.0 Å². The smallest absolute Gasteiger partial charge is 0.268 e. The summed E-state index contributed by atoms with van der Waals surface area (Å²) in [4.78, 5) is 33.2. The number of hydrogen-bond acceptors (Lipinski definition) is 6. The molecule has 3 rings (SSSR count). The number of methoxy groups -OCH3 is 1. The number of rotatable bonds is 8. The summed E-state index contributed by atoms with van der Waals surface area (Å²) in [6.07, 6.45) is 2.25. The molecule has 1 aromatic heterocycles. The lowest BCUT2D eigenvalue weighted by Crippen LogP contribution is -2.30. The number of nitrogens with zero attached hydrogens (tertiary/aromatic N) is 3. The van der Waals surface area contributed by atoms with Gasteiger partial charge in [-0.2, -0.15) is 0 Å². The molecule has 0 aliphatic heterocycles. The van der Waals surface area contributed by atoms with Crippen LogP contribution in [0.1, 0.15) is 22.5 Å². The molecule has 1 atom stereocenters. The van der Waals surface area contributed by atoms with E-state index in [4.69, 9.17) is 10.5 Å². The lowest BCUT2D eigenvalue weighted by Gasteiger charge is -2.20. The molecule has 0 aliphatic rings. The zero-order valence-corrected chi connectivity index (χ0v) is 18.4. The molecule has 168 valence electrons. The molecule has 3 N–H and O–H groups in total. The van der Waals surface area contributed by atoms with Crippen molar-refractivity contribution in [3.63, 3.8) is 0 Å². The number of aromatic nitrogens is 2. The maximum atomic E-state index is 12.0. The van der Waals surface area contributed by atoms with Crippen molar-refractivity contribution in [2.24, 2.45) is 5.73 Å². The average Bonchev–Trinajstić information content (AvgIpc) is 2.85. The molecule has 3 aromatic rings. The number of aliphatic hydroxyl groups is 1. The van der Waals surface area contributed by atoms with E-state index in [1.807, 2.05) is 0 Å². The van der Waals surface area contributed by atoms with Crippen molar-refractivity contribution < 1.29 is 19.4 Å². The van der Waals surface area contributed by atoms with Gasteiger partial charge in [-0.05, 0) is 36.4 Å². The van der Waals surface area contributed by atoms with Crippen LogP contribution >= 0.6 is 0 Å². The summed E-state index contributed by atoms with van der Waals surface area (Å²) in [5, 5.41) is 11.1. The third-order valence-electron chi connectivity index (χ3n) is 5.04. The Morgan fingerprint density at radius 2 is 2.09 bits per heavy atom. The zero-order chi connectivity index (χ0) is 24.0. The monoisotopic (exact) mass is 444 g/mol. The molecule has 0 saturated carbocycles. The molecule has 0 saturated heterocycles. The van der Waals surface area contributed by atoms with Gasteiger partial charge in [-0.1, -0.05) is 30.6 Å². The van der Waals surface area contributed by atoms with Crippen LogP contribution in [-0.2, 0) is 4.79 Å². The molecule has 0 bridgehead atoms. The van der Waals surface area contributed by atoms with E-state index >= 15 is 0 Å². The van der Waals surface area contributed by atoms with Gasteiger partial charge in [0.05, 0.1) is 12.6 Å². The molecule has 1 unspecified atom stereocenters. The van der Waals surface area contributed by atoms with E-state index in [0.29, 0.717) is 46.6 Å². The Morgan fingerprint density at radius 1 is 1.30 bits per heavy atom. The third kappa shape index (κ3) is 5.53. The van der Waals surface area contributed by atoms with Crippen LogP contribution in [0.4, 0.5) is 0 Å². The van der Waals surface area contributed by atoms with Crippen molar-refractivity contribution >= 4 is 23.2 Å². The largest absolute Gasteiger partial charge is 0.497 e. The summed E-state index contributed by atoms with van der Waals surface area (Å²) in [7, 11) is 3.15. The number of amides is 2. The number of carbonyl (C=O) groups excluding carboxylic acids is 2. The van der Waals surface area contributed by atoms with Gasteiger partial charge in [-0.3, -0.25) is 9.59 Å². The molecular weight excluding hydrogens is 420 g/mol. The summed E-state index contributed by atoms with van der Waals surface area (Å²) in [6.45, 7) is 3.98. The zero-order valence-electron chi connectivity index (χ0n) is 18.4. The highest BCUT2D eigenvalue weighted by molar-refractivity contribution is 6.04. The molecule has 8 nitrogen and oxygen atoms in total. The molecule has 2 amide bonds. The standard InChI is InChI=1S/C25H24N4O4/c1-4-25(32,12-13-29(2)16-30)11-10-17-6-5-7-18(14-17)24-27-21-9-8-19(33-3)15-20(21)22(28-24)23(26)31/h4-9,14-16,32H,1,12-13H2,2-3H3,(H2,26,31). The van der Waals surface area contributed by atoms with Crippen molar-refractivity contribution in [2.75, 3.05) is 20.7 Å². The van der Waals surface area contributed by atoms with Crippen LogP contribution in [0.15, 0.2) is 55.1 Å². The van der Waals surface area contributed by atoms with Crippen molar-refractivity contribution in [3.8, 4) is 29.0 Å². The molecule has 1 heterocycles. The van der Waals surface area contributed by atoms with Gasteiger partial charge in [0.2, 0.25) is 6.41 Å². The third-order valence-corrected chi connectivity index (χ3v) is 5.04. The van der Waals surface area contributed by atoms with Crippen molar-refractivity contribution in [3.05, 3.63) is 66.4 Å². The minimum atomic E-state index is -1.45. The van der Waals surface area contributed by atoms with E-state index in [9.17, 15) is 14.7 Å². The lowest BCUT2D eigenvalue weighted by molar-refractivity contribution is -0.117. The number of nitrogens with two attached hydrogens (primary N) is 1. The Kier molecular flexibility index (Phi) is 7.06. The maximum Gasteiger partial charge on any atom is 0.268 e. The first-order chi connectivity index (χ1) is 15.8. The normalized spacial score (nSPS) is 12.2. The molecule has 0 aliphatic carbocycles. The average molecular weight is 444 g/mol. The summed E-state index contributed by atoms with van der Waals surface area (Å²) in [5.74, 6) is 5.95. The van der Waals surface area contributed by atoms with Crippen LogP contribution in [0.3, 0.4) is 0 Å². The van der Waals surface area contributed by atoms with Crippen LogP contribution in [-0.4, -0.2) is 58.6 Å². The van der Waals surface area contributed by atoms with Crippen LogP contribution in [0, 0.1) is 11.8 Å². The second-order valence-corrected chi connectivity index (χ2v) is 7.44. The molecule has 33 heavy (non-hydrogen) atoms. The fourth-order valence-electron chi connectivity index (χ4n) is 3.08. The van der Waals surface area contributed by atoms with Gasteiger partial charge in [0.25, 0.3) is 5.91 Å². The Hall–Kier alpha value is -4.22. The topological polar surface area (TPSA) is 119 Å². The van der Waals surface area contributed by atoms with Gasteiger partial charge < -0.3 is 20.5 Å². The fourth-order valence-corrected chi connectivity index (χ4v) is 3.08. The molecule has 0 fully saturated rings. The predicted octanol–water partition coefficient (Wildman–Crippen LogP) is 2.15. The second-order valence-electron chi connectivity index (χ2n) is 7.44. The number of primary amides is 1. The van der Waals surface area contributed by atoms with E-state index in [2.05, 4.69) is 28.4 Å². The van der Waals surface area contributed by atoms with E-state index in [-0.39, 0.29) is 12.1 Å². The number of fused-ring (bicyclic) bond motifs is 1. The highest BCUT2D eigenvalue weighted by Gasteiger charge is 2.20. The van der Waals surface area contributed by atoms with Crippen LogP contribution in [0.2, 0.25) is 0 Å². The molecule has 2 aromatic carbocycles. The number of benzene rings is 2. The maximum absolute atomic E-state index is 12.0. The van der Waals surface area contributed by atoms with Crippen molar-refractivity contribution in [1.82, 2.24) is 14.9 Å². The Labute approximate surface area is 191 Å². The summed E-state index contributed by atoms with van der Waals surface area (Å²) in [6, 6.07) is 12.2. The molecular formula is C25H24N4O4. The van der Waals surface area contributed by atoms with Crippen molar-refractivity contribution in [1.29, 1.82) is 0 Å². The van der Waals surface area contributed by atoms with E-state index in [1.165, 1.54) is 18.1 Å². The number of ether oxygens (including phenoxy) is 1. The van der Waals surface area contributed by atoms with Crippen LogP contribution < -0.4 is 10.5 Å². The molecule has 0 radical (unpaired) electrons. The minimum Gasteiger partial charge on any atom is -0.497 e.